The molecule has 0 aliphatic rings. The van der Waals surface area contributed by atoms with Crippen LogP contribution in [0.15, 0.2) is 18.2 Å². The van der Waals surface area contributed by atoms with Crippen molar-refractivity contribution >= 4 is 0 Å². The van der Waals surface area contributed by atoms with Gasteiger partial charge in [0.15, 0.2) is 0 Å². The average Bonchev–Trinajstić information content (AvgIpc) is 2.45. The minimum atomic E-state index is 0. The van der Waals surface area contributed by atoms with Crippen molar-refractivity contribution in [2.75, 3.05) is 26.2 Å². The van der Waals surface area contributed by atoms with Gasteiger partial charge in [0.25, 0.3) is 0 Å². The minimum Gasteiger partial charge on any atom is -0.507 e. The van der Waals surface area contributed by atoms with Crippen LogP contribution in [0, 0.1) is 0 Å². The van der Waals surface area contributed by atoms with Crippen LogP contribution in [0.25, 0.3) is 0 Å². The summed E-state index contributed by atoms with van der Waals surface area (Å²) in [5, 5.41) is 10.4. The minimum absolute atomic E-state index is 0. The van der Waals surface area contributed by atoms with E-state index in [0.717, 1.165) is 50.4 Å². The van der Waals surface area contributed by atoms with Crippen LogP contribution in [0.2, 0.25) is 0 Å². The topological polar surface area (TPSA) is 26.7 Å². The van der Waals surface area contributed by atoms with Gasteiger partial charge < -0.3 is 5.11 Å². The van der Waals surface area contributed by atoms with Gasteiger partial charge in [0.2, 0.25) is 0 Å². The first-order chi connectivity index (χ1) is 9.15. The van der Waals surface area contributed by atoms with Crippen molar-refractivity contribution in [2.45, 2.75) is 48.2 Å². The molecule has 0 aliphatic carbocycles. The zero-order chi connectivity index (χ0) is 14.3. The highest BCUT2D eigenvalue weighted by molar-refractivity contribution is 5.40. The van der Waals surface area contributed by atoms with E-state index in [0.29, 0.717) is 5.75 Å². The Labute approximate surface area is 125 Å². The van der Waals surface area contributed by atoms with E-state index in [1.807, 2.05) is 12.1 Å². The molecule has 1 rings (SSSR count). The van der Waals surface area contributed by atoms with Crippen LogP contribution in [0.1, 0.15) is 46.2 Å². The second kappa shape index (κ2) is 9.78. The van der Waals surface area contributed by atoms with Crippen molar-refractivity contribution in [2.24, 2.45) is 0 Å². The number of hydrogen-bond donors (Lipinski definition) is 1. The number of benzene rings is 1. The molecule has 116 valence electrons. The van der Waals surface area contributed by atoms with E-state index in [9.17, 15) is 5.11 Å². The van der Waals surface area contributed by atoms with Crippen LogP contribution in [0.4, 0.5) is 0 Å². The number of phenols is 1. The van der Waals surface area contributed by atoms with Crippen molar-refractivity contribution in [1.29, 1.82) is 0 Å². The van der Waals surface area contributed by atoms with E-state index in [-0.39, 0.29) is 7.43 Å². The van der Waals surface area contributed by atoms with Gasteiger partial charge in [0, 0.05) is 24.2 Å². The molecule has 0 radical (unpaired) electrons. The first kappa shape index (κ1) is 18.9. The van der Waals surface area contributed by atoms with E-state index in [2.05, 4.69) is 43.6 Å². The number of aromatic hydroxyl groups is 1. The molecule has 0 saturated carbocycles. The van der Waals surface area contributed by atoms with Gasteiger partial charge in [-0.2, -0.15) is 0 Å². The van der Waals surface area contributed by atoms with Crippen LogP contribution in [-0.4, -0.2) is 41.1 Å². The lowest BCUT2D eigenvalue weighted by Crippen LogP contribution is -2.23. The molecule has 1 aromatic carbocycles. The summed E-state index contributed by atoms with van der Waals surface area (Å²) in [6.45, 7) is 14.3. The largest absolute Gasteiger partial charge is 0.507 e. The lowest BCUT2D eigenvalue weighted by molar-refractivity contribution is 0.281. The third kappa shape index (κ3) is 5.14. The maximum absolute atomic E-state index is 10.4. The lowest BCUT2D eigenvalue weighted by atomic mass is 10.1. The quantitative estimate of drug-likeness (QED) is 0.786. The fraction of sp³-hybridized carbons (Fsp3) is 0.647. The summed E-state index contributed by atoms with van der Waals surface area (Å²) in [5.74, 6) is 0.473. The molecule has 0 amide bonds. The highest BCUT2D eigenvalue weighted by Gasteiger charge is 2.11. The Morgan fingerprint density at radius 2 is 1.15 bits per heavy atom. The number of hydrogen-bond acceptors (Lipinski definition) is 3. The monoisotopic (exact) mass is 280 g/mol. The molecule has 3 nitrogen and oxygen atoms in total. The number of rotatable bonds is 8. The predicted octanol–water partition coefficient (Wildman–Crippen LogP) is 3.71. The summed E-state index contributed by atoms with van der Waals surface area (Å²) in [7, 11) is 0. The van der Waals surface area contributed by atoms with E-state index < -0.39 is 0 Å². The van der Waals surface area contributed by atoms with Crippen LogP contribution in [0.3, 0.4) is 0 Å². The second-order valence-electron chi connectivity index (χ2n) is 4.85. The normalized spacial score (nSPS) is 10.9. The molecule has 0 aromatic heterocycles. The third-order valence-corrected chi connectivity index (χ3v) is 3.78. The SMILES string of the molecule is C.CCN(CC)Cc1cccc(CN(CC)CC)c1O. The van der Waals surface area contributed by atoms with Crippen molar-refractivity contribution in [3.63, 3.8) is 0 Å². The first-order valence-corrected chi connectivity index (χ1v) is 7.40. The smallest absolute Gasteiger partial charge is 0.124 e. The third-order valence-electron chi connectivity index (χ3n) is 3.78. The Kier molecular flexibility index (Phi) is 9.26. The molecule has 20 heavy (non-hydrogen) atoms. The van der Waals surface area contributed by atoms with Gasteiger partial charge in [-0.15, -0.1) is 0 Å². The molecule has 0 saturated heterocycles. The highest BCUT2D eigenvalue weighted by atomic mass is 16.3. The van der Waals surface area contributed by atoms with E-state index in [1.54, 1.807) is 0 Å². The molecule has 0 spiro atoms. The van der Waals surface area contributed by atoms with Gasteiger partial charge in [-0.25, -0.2) is 0 Å². The zero-order valence-electron chi connectivity index (χ0n) is 12.8. The Morgan fingerprint density at radius 3 is 1.45 bits per heavy atom. The van der Waals surface area contributed by atoms with Crippen molar-refractivity contribution < 1.29 is 5.11 Å². The fourth-order valence-electron chi connectivity index (χ4n) is 2.28. The average molecular weight is 280 g/mol. The molecular formula is C17H32N2O. The highest BCUT2D eigenvalue weighted by Crippen LogP contribution is 2.25. The summed E-state index contributed by atoms with van der Waals surface area (Å²) in [6.07, 6.45) is 0. The van der Waals surface area contributed by atoms with Crippen LogP contribution < -0.4 is 0 Å². The van der Waals surface area contributed by atoms with Gasteiger partial charge in [0.1, 0.15) is 5.75 Å². The van der Waals surface area contributed by atoms with E-state index in [4.69, 9.17) is 0 Å². The van der Waals surface area contributed by atoms with Crippen LogP contribution in [0.5, 0.6) is 5.75 Å². The molecule has 3 heteroatoms. The van der Waals surface area contributed by atoms with Gasteiger partial charge in [-0.05, 0) is 26.2 Å². The fourth-order valence-corrected chi connectivity index (χ4v) is 2.28. The standard InChI is InChI=1S/C16H28N2O.CH4/c1-5-17(6-2)12-14-10-9-11-15(16(14)19)13-18(7-3)8-4;/h9-11,19H,5-8,12-13H2,1-4H3;1H4. The van der Waals surface area contributed by atoms with Gasteiger partial charge >= 0.3 is 0 Å². The first-order valence-electron chi connectivity index (χ1n) is 7.40. The van der Waals surface area contributed by atoms with Crippen molar-refractivity contribution in [3.8, 4) is 5.75 Å². The Balaban J connectivity index is 0.00000361. The van der Waals surface area contributed by atoms with Gasteiger partial charge in [-0.1, -0.05) is 53.3 Å². The molecule has 1 aromatic rings. The van der Waals surface area contributed by atoms with Crippen molar-refractivity contribution in [3.05, 3.63) is 29.3 Å². The Hall–Kier alpha value is -1.06. The number of para-hydroxylation sites is 1. The molecule has 0 heterocycles. The van der Waals surface area contributed by atoms with E-state index >= 15 is 0 Å². The predicted molar refractivity (Wildman–Crippen MR) is 88.1 cm³/mol. The molecule has 0 aliphatic heterocycles. The molecule has 0 bridgehead atoms. The maximum Gasteiger partial charge on any atom is 0.124 e. The van der Waals surface area contributed by atoms with Crippen LogP contribution >= 0.6 is 0 Å². The summed E-state index contributed by atoms with van der Waals surface area (Å²) >= 11 is 0. The molecular weight excluding hydrogens is 248 g/mol. The van der Waals surface area contributed by atoms with E-state index in [1.165, 1.54) is 0 Å². The summed E-state index contributed by atoms with van der Waals surface area (Å²) < 4.78 is 0. The van der Waals surface area contributed by atoms with Crippen LogP contribution in [-0.2, 0) is 13.1 Å². The lowest BCUT2D eigenvalue weighted by Gasteiger charge is -2.22. The molecule has 1 N–H and O–H groups in total. The molecule has 0 fully saturated rings. The van der Waals surface area contributed by atoms with Crippen molar-refractivity contribution in [1.82, 2.24) is 9.80 Å². The summed E-state index contributed by atoms with van der Waals surface area (Å²) in [4.78, 5) is 4.63. The second-order valence-corrected chi connectivity index (χ2v) is 4.85. The Bertz CT molecular complexity index is 339. The maximum atomic E-state index is 10.4. The number of phenolic OH excluding ortho intramolecular Hbond substituents is 1. The molecule has 0 atom stereocenters. The molecule has 0 unspecified atom stereocenters. The van der Waals surface area contributed by atoms with Gasteiger partial charge in [-0.3, -0.25) is 9.80 Å². The summed E-state index contributed by atoms with van der Waals surface area (Å²) in [5.41, 5.74) is 2.07. The Morgan fingerprint density at radius 1 is 0.800 bits per heavy atom. The summed E-state index contributed by atoms with van der Waals surface area (Å²) in [6, 6.07) is 6.11. The number of nitrogens with zero attached hydrogens (tertiary/aromatic N) is 2. The van der Waals surface area contributed by atoms with Gasteiger partial charge in [0.05, 0.1) is 0 Å². The zero-order valence-corrected chi connectivity index (χ0v) is 12.8.